The van der Waals surface area contributed by atoms with E-state index in [9.17, 15) is 9.59 Å². The lowest BCUT2D eigenvalue weighted by molar-refractivity contribution is -0.140. The molecule has 2 amide bonds. The van der Waals surface area contributed by atoms with E-state index in [1.165, 1.54) is 0 Å². The van der Waals surface area contributed by atoms with E-state index in [0.717, 1.165) is 10.0 Å². The summed E-state index contributed by atoms with van der Waals surface area (Å²) in [7, 11) is 0. The number of aliphatic carboxylic acids is 1. The predicted molar refractivity (Wildman–Crippen MR) is 85.1 cm³/mol. The molecule has 0 aliphatic rings. The number of nitrogens with one attached hydrogen (secondary N) is 2. The van der Waals surface area contributed by atoms with Crippen molar-refractivity contribution in [2.75, 3.05) is 0 Å². The Bertz CT molecular complexity index is 507. The summed E-state index contributed by atoms with van der Waals surface area (Å²) in [4.78, 5) is 23.1. The first-order valence-corrected chi connectivity index (χ1v) is 7.69. The molecule has 1 unspecified atom stereocenters. The minimum atomic E-state index is -1.02. The molecule has 0 aliphatic carbocycles. The lowest BCUT2D eigenvalue weighted by atomic mass is 9.99. The third-order valence-corrected chi connectivity index (χ3v) is 3.96. The maximum atomic E-state index is 11.9. The molecule has 1 aromatic rings. The number of carbonyl (C=O) groups excluding carboxylic acids is 1. The summed E-state index contributed by atoms with van der Waals surface area (Å²) < 4.78 is 0.928. The largest absolute Gasteiger partial charge is 0.480 e. The molecule has 0 aromatic heterocycles. The molecule has 1 aromatic carbocycles. The smallest absolute Gasteiger partial charge is 0.326 e. The molecule has 21 heavy (non-hydrogen) atoms. The van der Waals surface area contributed by atoms with E-state index in [2.05, 4.69) is 26.6 Å². The highest BCUT2D eigenvalue weighted by atomic mass is 79.9. The van der Waals surface area contributed by atoms with Gasteiger partial charge in [0, 0.05) is 4.47 Å². The van der Waals surface area contributed by atoms with E-state index in [4.69, 9.17) is 5.11 Å². The standard InChI is InChI=1S/C15H21BrN2O3/c1-4-9(2)13(14(19)20)18-15(21)17-10(3)11-6-5-7-12(16)8-11/h5-10,13H,4H2,1-3H3,(H,19,20)(H2,17,18,21)/t9-,10?,13-/m0/s1. The van der Waals surface area contributed by atoms with Crippen LogP contribution in [-0.2, 0) is 4.79 Å². The number of benzene rings is 1. The van der Waals surface area contributed by atoms with E-state index in [-0.39, 0.29) is 12.0 Å². The van der Waals surface area contributed by atoms with Crippen LogP contribution < -0.4 is 10.6 Å². The second kappa shape index (κ2) is 8.02. The van der Waals surface area contributed by atoms with Gasteiger partial charge in [-0.15, -0.1) is 0 Å². The highest BCUT2D eigenvalue weighted by Crippen LogP contribution is 2.17. The zero-order chi connectivity index (χ0) is 16.0. The first-order valence-electron chi connectivity index (χ1n) is 6.90. The lowest BCUT2D eigenvalue weighted by Crippen LogP contribution is -2.49. The summed E-state index contributed by atoms with van der Waals surface area (Å²) in [6.45, 7) is 5.54. The third kappa shape index (κ3) is 5.38. The van der Waals surface area contributed by atoms with Gasteiger partial charge in [0.25, 0.3) is 0 Å². The normalized spacial score (nSPS) is 14.9. The summed E-state index contributed by atoms with van der Waals surface area (Å²) in [5, 5.41) is 14.4. The minimum absolute atomic E-state index is 0.130. The Hall–Kier alpha value is -1.56. The van der Waals surface area contributed by atoms with Gasteiger partial charge in [0.15, 0.2) is 0 Å². The monoisotopic (exact) mass is 356 g/mol. The number of hydrogen-bond donors (Lipinski definition) is 3. The molecular formula is C15H21BrN2O3. The number of halogens is 1. The Morgan fingerprint density at radius 3 is 2.48 bits per heavy atom. The van der Waals surface area contributed by atoms with Crippen LogP contribution in [-0.4, -0.2) is 23.1 Å². The van der Waals surface area contributed by atoms with Gasteiger partial charge in [0.05, 0.1) is 6.04 Å². The van der Waals surface area contributed by atoms with Crippen LogP contribution in [0.5, 0.6) is 0 Å². The van der Waals surface area contributed by atoms with Crippen molar-refractivity contribution in [3.05, 3.63) is 34.3 Å². The topological polar surface area (TPSA) is 78.4 Å². The Kier molecular flexibility index (Phi) is 6.68. The fourth-order valence-corrected chi connectivity index (χ4v) is 2.34. The molecule has 0 saturated heterocycles. The molecule has 3 atom stereocenters. The highest BCUT2D eigenvalue weighted by Gasteiger charge is 2.25. The fraction of sp³-hybridized carbons (Fsp3) is 0.467. The van der Waals surface area contributed by atoms with Crippen LogP contribution in [0.25, 0.3) is 0 Å². The number of hydrogen-bond acceptors (Lipinski definition) is 2. The van der Waals surface area contributed by atoms with Crippen molar-refractivity contribution in [2.24, 2.45) is 5.92 Å². The predicted octanol–water partition coefficient (Wildman–Crippen LogP) is 3.31. The molecule has 0 heterocycles. The van der Waals surface area contributed by atoms with Crippen molar-refractivity contribution in [1.82, 2.24) is 10.6 Å². The summed E-state index contributed by atoms with van der Waals surface area (Å²) in [5.41, 5.74) is 0.940. The van der Waals surface area contributed by atoms with Gasteiger partial charge in [0.2, 0.25) is 0 Å². The van der Waals surface area contributed by atoms with Gasteiger partial charge in [-0.1, -0.05) is 48.3 Å². The Morgan fingerprint density at radius 2 is 1.95 bits per heavy atom. The van der Waals surface area contributed by atoms with Crippen LogP contribution in [0.2, 0.25) is 0 Å². The quantitative estimate of drug-likeness (QED) is 0.731. The zero-order valence-electron chi connectivity index (χ0n) is 12.4. The van der Waals surface area contributed by atoms with Crippen molar-refractivity contribution in [3.8, 4) is 0 Å². The molecule has 5 nitrogen and oxygen atoms in total. The van der Waals surface area contributed by atoms with Gasteiger partial charge in [-0.3, -0.25) is 0 Å². The van der Waals surface area contributed by atoms with Crippen LogP contribution in [0.15, 0.2) is 28.7 Å². The second-order valence-corrected chi connectivity index (χ2v) is 6.01. The number of carboxylic acids is 1. The van der Waals surface area contributed by atoms with E-state index in [0.29, 0.717) is 6.42 Å². The van der Waals surface area contributed by atoms with Crippen LogP contribution >= 0.6 is 15.9 Å². The molecule has 3 N–H and O–H groups in total. The van der Waals surface area contributed by atoms with E-state index in [1.54, 1.807) is 6.92 Å². The van der Waals surface area contributed by atoms with Crippen LogP contribution in [0.4, 0.5) is 4.79 Å². The molecule has 0 spiro atoms. The van der Waals surface area contributed by atoms with Gasteiger partial charge >= 0.3 is 12.0 Å². The van der Waals surface area contributed by atoms with Crippen molar-refractivity contribution in [2.45, 2.75) is 39.3 Å². The van der Waals surface area contributed by atoms with Crippen LogP contribution in [0.1, 0.15) is 38.8 Å². The van der Waals surface area contributed by atoms with Crippen molar-refractivity contribution in [1.29, 1.82) is 0 Å². The molecule has 0 saturated carbocycles. The molecule has 0 radical (unpaired) electrons. The van der Waals surface area contributed by atoms with E-state index >= 15 is 0 Å². The average molecular weight is 357 g/mol. The van der Waals surface area contributed by atoms with Crippen molar-refractivity contribution in [3.63, 3.8) is 0 Å². The number of carboxylic acid groups (broad SMARTS) is 1. The number of amides is 2. The van der Waals surface area contributed by atoms with Gasteiger partial charge in [-0.05, 0) is 30.5 Å². The molecule has 0 fully saturated rings. The fourth-order valence-electron chi connectivity index (χ4n) is 1.92. The van der Waals surface area contributed by atoms with Gasteiger partial charge in [-0.25, -0.2) is 9.59 Å². The maximum absolute atomic E-state index is 11.9. The van der Waals surface area contributed by atoms with Crippen molar-refractivity contribution >= 4 is 27.9 Å². The SMILES string of the molecule is CC[C@H](C)[C@H](NC(=O)NC(C)c1cccc(Br)c1)C(=O)O. The Labute approximate surface area is 133 Å². The highest BCUT2D eigenvalue weighted by molar-refractivity contribution is 9.10. The van der Waals surface area contributed by atoms with Gasteiger partial charge in [0.1, 0.15) is 6.04 Å². The minimum Gasteiger partial charge on any atom is -0.480 e. The van der Waals surface area contributed by atoms with Gasteiger partial charge < -0.3 is 15.7 Å². The first kappa shape index (κ1) is 17.5. The number of urea groups is 1. The molecule has 1 rings (SSSR count). The average Bonchev–Trinajstić information content (AvgIpc) is 2.43. The van der Waals surface area contributed by atoms with E-state index < -0.39 is 18.0 Å². The molecule has 0 bridgehead atoms. The van der Waals surface area contributed by atoms with Gasteiger partial charge in [-0.2, -0.15) is 0 Å². The summed E-state index contributed by atoms with van der Waals surface area (Å²) in [6, 6.07) is 6.02. The number of carbonyl (C=O) groups is 2. The number of rotatable bonds is 6. The second-order valence-electron chi connectivity index (χ2n) is 5.10. The maximum Gasteiger partial charge on any atom is 0.326 e. The summed E-state index contributed by atoms with van der Waals surface area (Å²) in [5.74, 6) is -1.15. The summed E-state index contributed by atoms with van der Waals surface area (Å²) in [6.07, 6.45) is 0.679. The van der Waals surface area contributed by atoms with E-state index in [1.807, 2.05) is 38.1 Å². The third-order valence-electron chi connectivity index (χ3n) is 3.46. The first-order chi connectivity index (χ1) is 9.85. The van der Waals surface area contributed by atoms with Crippen LogP contribution in [0, 0.1) is 5.92 Å². The molecule has 116 valence electrons. The van der Waals surface area contributed by atoms with Crippen LogP contribution in [0.3, 0.4) is 0 Å². The Balaban J connectivity index is 2.65. The molecule has 0 aliphatic heterocycles. The molecular weight excluding hydrogens is 336 g/mol. The summed E-state index contributed by atoms with van der Waals surface area (Å²) >= 11 is 3.38. The lowest BCUT2D eigenvalue weighted by Gasteiger charge is -2.22. The Morgan fingerprint density at radius 1 is 1.29 bits per heavy atom. The molecule has 6 heteroatoms. The van der Waals surface area contributed by atoms with Crippen molar-refractivity contribution < 1.29 is 14.7 Å². The zero-order valence-corrected chi connectivity index (χ0v) is 14.0.